The van der Waals surface area contributed by atoms with Crippen molar-refractivity contribution in [2.45, 2.75) is 423 Å². The van der Waals surface area contributed by atoms with Crippen molar-refractivity contribution in [3.8, 4) is 0 Å². The third kappa shape index (κ3) is 51.8. The van der Waals surface area contributed by atoms with E-state index in [-0.39, 0.29) is 47.5 Å². The van der Waals surface area contributed by atoms with Gasteiger partial charge < -0.3 is 9.11 Å². The molecule has 0 heterocycles. The molecule has 0 amide bonds. The summed E-state index contributed by atoms with van der Waals surface area (Å²) in [5, 5.41) is 0. The molecule has 0 aliphatic carbocycles. The average molecular weight is 1250 g/mol. The van der Waals surface area contributed by atoms with Gasteiger partial charge in [0.05, 0.1) is 9.79 Å². The Morgan fingerprint density at radius 2 is 0.388 bits per heavy atom. The van der Waals surface area contributed by atoms with Crippen LogP contribution in [0.2, 0.25) is 0 Å². The first-order valence-electron chi connectivity index (χ1n) is 37.1. The number of aryl methyl sites for hydroxylation is 2. The van der Waals surface area contributed by atoms with E-state index in [0.717, 1.165) is 73.6 Å². The van der Waals surface area contributed by atoms with E-state index in [1.165, 1.54) is 333 Å². The first-order valence-corrected chi connectivity index (χ1v) is 40.0. The van der Waals surface area contributed by atoms with Gasteiger partial charge in [0.15, 0.2) is 0 Å². The van der Waals surface area contributed by atoms with Crippen LogP contribution in [-0.4, -0.2) is 63.7 Å². The molecule has 0 saturated heterocycles. The van der Waals surface area contributed by atoms with Crippen molar-refractivity contribution in [1.82, 2.24) is 0 Å². The van der Waals surface area contributed by atoms with Crippen LogP contribution in [0.15, 0.2) is 46.2 Å². The molecule has 0 radical (unpaired) electrons. The van der Waals surface area contributed by atoms with Gasteiger partial charge in [-0.05, 0) is 85.8 Å². The maximum atomic E-state index is 12.0. The van der Waals surface area contributed by atoms with Crippen molar-refractivity contribution in [2.24, 2.45) is 0 Å². The third-order valence-electron chi connectivity index (χ3n) is 18.2. The maximum Gasteiger partial charge on any atom is 2.00 e. The zero-order chi connectivity index (χ0) is 61.1. The molecule has 0 fully saturated rings. The van der Waals surface area contributed by atoms with Gasteiger partial charge in [0.25, 0.3) is 0 Å². The summed E-state index contributed by atoms with van der Waals surface area (Å²) in [7, 11) is -8.87. The van der Waals surface area contributed by atoms with E-state index in [1.807, 2.05) is 0 Å². The van der Waals surface area contributed by atoms with E-state index in [4.69, 9.17) is 0 Å². The summed E-state index contributed by atoms with van der Waals surface area (Å²) >= 11 is 0. The molecule has 2 rings (SSSR count). The van der Waals surface area contributed by atoms with Crippen LogP contribution in [-0.2, 0) is 45.9 Å². The van der Waals surface area contributed by atoms with E-state index in [9.17, 15) is 25.9 Å². The van der Waals surface area contributed by atoms with Gasteiger partial charge >= 0.3 is 37.7 Å². The summed E-state index contributed by atoms with van der Waals surface area (Å²) in [6.45, 7) is 9.10. The summed E-state index contributed by atoms with van der Waals surface area (Å²) < 4.78 is 72.0. The molecule has 0 spiro atoms. The molecule has 0 atom stereocenters. The van der Waals surface area contributed by atoms with Crippen molar-refractivity contribution in [3.63, 3.8) is 0 Å². The van der Waals surface area contributed by atoms with Crippen molar-refractivity contribution < 1.29 is 25.9 Å². The minimum Gasteiger partial charge on any atom is -0.744 e. The number of benzene rings is 2. The molecule has 6 nitrogen and oxygen atoms in total. The van der Waals surface area contributed by atoms with Gasteiger partial charge in [0.2, 0.25) is 0 Å². The Bertz CT molecular complexity index is 1810. The fourth-order valence-corrected chi connectivity index (χ4v) is 14.3. The third-order valence-corrected chi connectivity index (χ3v) is 20.0. The van der Waals surface area contributed by atoms with E-state index >= 15 is 0 Å². The van der Waals surface area contributed by atoms with Crippen molar-refractivity contribution >= 4 is 58.0 Å². The molecular weight excluding hydrogens is 1110 g/mol. The second-order valence-corrected chi connectivity index (χ2v) is 28.8. The van der Waals surface area contributed by atoms with Gasteiger partial charge in [0.1, 0.15) is 20.2 Å². The van der Waals surface area contributed by atoms with Crippen LogP contribution in [0.3, 0.4) is 0 Å². The minimum atomic E-state index is -4.43. The molecule has 0 saturated carbocycles. The monoisotopic (exact) mass is 1250 g/mol. The Labute approximate surface area is 560 Å². The molecule has 0 N–H and O–H groups in total. The second-order valence-electron chi connectivity index (χ2n) is 26.1. The van der Waals surface area contributed by atoms with Gasteiger partial charge in [-0.15, -0.1) is 0 Å². The molecule has 0 bridgehead atoms. The molecule has 2 aromatic carbocycles. The largest absolute Gasteiger partial charge is 2.00 e. The molecule has 0 unspecified atom stereocenters. The molecular formula is C76H138CaO6S2. The summed E-state index contributed by atoms with van der Waals surface area (Å²) in [4.78, 5) is 0.0557. The average Bonchev–Trinajstić information content (AvgIpc) is 2.64. The molecule has 2 aromatic rings. The zero-order valence-electron chi connectivity index (χ0n) is 56.9. The number of rotatable bonds is 62. The Kier molecular flexibility index (Phi) is 62.0. The number of hydrogen-bond donors (Lipinski definition) is 0. The molecule has 0 aliphatic heterocycles. The first kappa shape index (κ1) is 84.5. The normalized spacial score (nSPS) is 11.7. The Balaban J connectivity index is 0.00000164. The predicted molar refractivity (Wildman–Crippen MR) is 371 cm³/mol. The molecule has 0 aliphatic rings. The first-order chi connectivity index (χ1) is 41.0. The smallest absolute Gasteiger partial charge is 0.744 e. The summed E-state index contributed by atoms with van der Waals surface area (Å²) in [6, 6.07) is 10.7. The standard InChI is InChI=1S/2C38H70O3S.Ca/c2*1-3-5-7-9-11-13-15-17-19-21-23-25-27-29-32-36-33-31-35-38(42(39,40)41)37(36)34-30-28-26-24-22-20-18-16-14-12-10-8-6-4-2;/h2*31,33,35H,3-30,32,34H2,1-2H3,(H,39,40,41);/q;;+2/p-2. The molecule has 85 heavy (non-hydrogen) atoms. The van der Waals surface area contributed by atoms with Crippen LogP contribution in [0, 0.1) is 0 Å². The number of unbranched alkanes of at least 4 members (excludes halogenated alkanes) is 52. The Morgan fingerprint density at radius 3 is 0.553 bits per heavy atom. The Morgan fingerprint density at radius 1 is 0.235 bits per heavy atom. The molecule has 0 aromatic heterocycles. The van der Waals surface area contributed by atoms with E-state index < -0.39 is 20.2 Å². The van der Waals surface area contributed by atoms with E-state index in [1.54, 1.807) is 12.1 Å². The van der Waals surface area contributed by atoms with Crippen LogP contribution < -0.4 is 0 Å². The van der Waals surface area contributed by atoms with Crippen LogP contribution >= 0.6 is 0 Å². The van der Waals surface area contributed by atoms with Crippen molar-refractivity contribution in [3.05, 3.63) is 58.7 Å². The van der Waals surface area contributed by atoms with E-state index in [2.05, 4.69) is 39.8 Å². The van der Waals surface area contributed by atoms with Crippen LogP contribution in [0.4, 0.5) is 0 Å². The zero-order valence-corrected chi connectivity index (χ0v) is 60.7. The SMILES string of the molecule is CCCCCCCCCCCCCCCCc1cccc(S(=O)(=O)[O-])c1CCCCCCCCCCCCCCCC.CCCCCCCCCCCCCCCCc1cccc(S(=O)(=O)[O-])c1CCCCCCCCCCCCCCCC.[Ca+2]. The van der Waals surface area contributed by atoms with Crippen LogP contribution in [0.5, 0.6) is 0 Å². The van der Waals surface area contributed by atoms with Gasteiger partial charge in [-0.2, -0.15) is 0 Å². The van der Waals surface area contributed by atoms with Gasteiger partial charge in [-0.25, -0.2) is 16.8 Å². The fraction of sp³-hybridized carbons (Fsp3) is 0.842. The van der Waals surface area contributed by atoms with E-state index in [0.29, 0.717) is 12.8 Å². The summed E-state index contributed by atoms with van der Waals surface area (Å²) in [5.74, 6) is 0. The van der Waals surface area contributed by atoms with Crippen molar-refractivity contribution in [1.29, 1.82) is 0 Å². The Hall–Kier alpha value is -0.480. The van der Waals surface area contributed by atoms with Gasteiger partial charge in [-0.1, -0.05) is 386 Å². The van der Waals surface area contributed by atoms with Gasteiger partial charge in [-0.3, -0.25) is 0 Å². The second kappa shape index (κ2) is 62.3. The van der Waals surface area contributed by atoms with Crippen molar-refractivity contribution in [2.75, 3.05) is 0 Å². The summed E-state index contributed by atoms with van der Waals surface area (Å²) in [5.41, 5.74) is 3.78. The van der Waals surface area contributed by atoms with Crippen LogP contribution in [0.25, 0.3) is 0 Å². The quantitative estimate of drug-likeness (QED) is 0.0370. The topological polar surface area (TPSA) is 114 Å². The minimum absolute atomic E-state index is 0. The van der Waals surface area contributed by atoms with Gasteiger partial charge in [0, 0.05) is 0 Å². The predicted octanol–water partition coefficient (Wildman–Crippen LogP) is 24.9. The number of hydrogen-bond acceptors (Lipinski definition) is 6. The molecule has 492 valence electrons. The molecule has 9 heteroatoms. The fourth-order valence-electron chi connectivity index (χ4n) is 12.7. The van der Waals surface area contributed by atoms with Crippen LogP contribution in [0.1, 0.15) is 410 Å². The maximum absolute atomic E-state index is 12.0. The summed E-state index contributed by atoms with van der Waals surface area (Å²) in [6.07, 6.45) is 77.1.